The van der Waals surface area contributed by atoms with Crippen molar-refractivity contribution in [1.82, 2.24) is 0 Å². The fourth-order valence-electron chi connectivity index (χ4n) is 0.207. The first-order valence-electron chi connectivity index (χ1n) is 2.09. The van der Waals surface area contributed by atoms with E-state index >= 15 is 0 Å². The van der Waals surface area contributed by atoms with Gasteiger partial charge in [0.2, 0.25) is 0 Å². The lowest BCUT2D eigenvalue weighted by molar-refractivity contribution is 0.0697. The van der Waals surface area contributed by atoms with Gasteiger partial charge in [0.05, 0.1) is 19.3 Å². The van der Waals surface area contributed by atoms with Crippen LogP contribution in [0, 0.1) is 0 Å². The maximum absolute atomic E-state index is 8.24. The Labute approximate surface area is 43.4 Å². The predicted molar refractivity (Wildman–Crippen MR) is 27.6 cm³/mol. The summed E-state index contributed by atoms with van der Waals surface area (Å²) < 4.78 is 4.55. The van der Waals surface area contributed by atoms with E-state index in [2.05, 4.69) is 4.65 Å². The first-order valence-corrected chi connectivity index (χ1v) is 2.09. The third kappa shape index (κ3) is 2.62. The van der Waals surface area contributed by atoms with Crippen molar-refractivity contribution in [2.24, 2.45) is 0 Å². The predicted octanol–water partition coefficient (Wildman–Crippen LogP) is -2.10. The second-order valence-corrected chi connectivity index (χ2v) is 1.22. The van der Waals surface area contributed by atoms with Crippen LogP contribution < -0.4 is 0 Å². The average molecular weight is 104 g/mol. The van der Waals surface area contributed by atoms with Crippen molar-refractivity contribution in [1.29, 1.82) is 0 Å². The van der Waals surface area contributed by atoms with Gasteiger partial charge in [-0.3, -0.25) is 0 Å². The quantitative estimate of drug-likeness (QED) is 0.403. The van der Waals surface area contributed by atoms with Crippen LogP contribution in [0.4, 0.5) is 0 Å². The van der Waals surface area contributed by atoms with Crippen molar-refractivity contribution in [3.8, 4) is 0 Å². The van der Waals surface area contributed by atoms with E-state index in [1.54, 1.807) is 0 Å². The lowest BCUT2D eigenvalue weighted by Gasteiger charge is -2.06. The Morgan fingerprint density at radius 1 is 1.43 bits per heavy atom. The highest BCUT2D eigenvalue weighted by atomic mass is 16.5. The Morgan fingerprint density at radius 3 is 1.86 bits per heavy atom. The molecule has 0 aromatic carbocycles. The Morgan fingerprint density at radius 2 is 1.86 bits per heavy atom. The maximum Gasteiger partial charge on any atom is 0.257 e. The fourth-order valence-corrected chi connectivity index (χ4v) is 0.207. The molecule has 0 atom stereocenters. The van der Waals surface area contributed by atoms with Crippen LogP contribution >= 0.6 is 0 Å². The van der Waals surface area contributed by atoms with E-state index in [0.717, 1.165) is 0 Å². The molecule has 0 aromatic rings. The van der Waals surface area contributed by atoms with Crippen LogP contribution in [-0.4, -0.2) is 37.6 Å². The molecular weight excluding hydrogens is 94.8 g/mol. The van der Waals surface area contributed by atoms with Crippen LogP contribution in [0.15, 0.2) is 0 Å². The SMILES string of the molecule is BOC(CO)CO. The van der Waals surface area contributed by atoms with Gasteiger partial charge in [0, 0.05) is 0 Å². The summed E-state index contributed by atoms with van der Waals surface area (Å²) in [6.45, 7) is -0.236. The molecule has 0 spiro atoms. The molecule has 0 aromatic heterocycles. The topological polar surface area (TPSA) is 49.7 Å². The van der Waals surface area contributed by atoms with Crippen LogP contribution in [0.25, 0.3) is 0 Å². The van der Waals surface area contributed by atoms with Crippen LogP contribution in [-0.2, 0) is 4.65 Å². The van der Waals surface area contributed by atoms with E-state index in [9.17, 15) is 0 Å². The second kappa shape index (κ2) is 4.11. The van der Waals surface area contributed by atoms with Crippen molar-refractivity contribution in [3.05, 3.63) is 0 Å². The lowest BCUT2D eigenvalue weighted by Crippen LogP contribution is -2.20. The summed E-state index contributed by atoms with van der Waals surface area (Å²) in [5, 5.41) is 16.5. The summed E-state index contributed by atoms with van der Waals surface area (Å²) in [5.41, 5.74) is 0. The first-order chi connectivity index (χ1) is 3.35. The van der Waals surface area contributed by atoms with Crippen LogP contribution in [0.3, 0.4) is 0 Å². The molecule has 3 nitrogen and oxygen atoms in total. The summed E-state index contributed by atoms with van der Waals surface area (Å²) >= 11 is 0. The zero-order valence-corrected chi connectivity index (χ0v) is 4.29. The zero-order chi connectivity index (χ0) is 5.70. The molecule has 0 bridgehead atoms. The molecule has 0 saturated carbocycles. The molecule has 0 rings (SSSR count). The number of hydrogen-bond acceptors (Lipinski definition) is 3. The smallest absolute Gasteiger partial charge is 0.257 e. The van der Waals surface area contributed by atoms with Gasteiger partial charge in [0.1, 0.15) is 0 Å². The minimum Gasteiger partial charge on any atom is -0.437 e. The molecule has 0 aliphatic rings. The van der Waals surface area contributed by atoms with E-state index in [4.69, 9.17) is 10.2 Å². The minimum absolute atomic E-state index is 0.118. The number of aliphatic hydroxyl groups excluding tert-OH is 2. The van der Waals surface area contributed by atoms with Gasteiger partial charge in [-0.05, 0) is 0 Å². The van der Waals surface area contributed by atoms with Crippen molar-refractivity contribution in [2.45, 2.75) is 6.10 Å². The number of hydrogen-bond donors (Lipinski definition) is 2. The van der Waals surface area contributed by atoms with Crippen molar-refractivity contribution in [2.75, 3.05) is 13.2 Å². The molecule has 0 aliphatic carbocycles. The summed E-state index contributed by atoms with van der Waals surface area (Å²) in [5.74, 6) is 0. The van der Waals surface area contributed by atoms with E-state index in [1.807, 2.05) is 0 Å². The summed E-state index contributed by atoms with van der Waals surface area (Å²) in [4.78, 5) is 0. The first kappa shape index (κ1) is 6.94. The normalized spacial score (nSPS) is 10.1. The van der Waals surface area contributed by atoms with Gasteiger partial charge in [-0.1, -0.05) is 0 Å². The van der Waals surface area contributed by atoms with Gasteiger partial charge < -0.3 is 14.9 Å². The molecular formula is C3H9BO3. The molecule has 0 amide bonds. The van der Waals surface area contributed by atoms with Crippen molar-refractivity contribution < 1.29 is 14.9 Å². The highest BCUT2D eigenvalue weighted by Crippen LogP contribution is 1.81. The van der Waals surface area contributed by atoms with Gasteiger partial charge in [0.15, 0.2) is 0 Å². The molecule has 0 unspecified atom stereocenters. The summed E-state index contributed by atoms with van der Waals surface area (Å²) in [6, 6.07) is 0. The van der Waals surface area contributed by atoms with E-state index in [-0.39, 0.29) is 13.2 Å². The number of rotatable bonds is 3. The monoisotopic (exact) mass is 104 g/mol. The second-order valence-electron chi connectivity index (χ2n) is 1.22. The standard InChI is InChI=1S/C3H9BO3/c4-7-3(1-5)2-6/h3,5-6H,1-2,4H2. The molecule has 0 radical (unpaired) electrons. The highest BCUT2D eigenvalue weighted by Gasteiger charge is 1.98. The molecule has 0 fully saturated rings. The van der Waals surface area contributed by atoms with Crippen LogP contribution in [0.2, 0.25) is 0 Å². The van der Waals surface area contributed by atoms with Crippen LogP contribution in [0.1, 0.15) is 0 Å². The summed E-state index contributed by atoms with van der Waals surface area (Å²) in [7, 11) is 1.44. The van der Waals surface area contributed by atoms with Crippen molar-refractivity contribution >= 4 is 8.05 Å². The highest BCUT2D eigenvalue weighted by molar-refractivity contribution is 5.98. The summed E-state index contributed by atoms with van der Waals surface area (Å²) in [6.07, 6.45) is -0.403. The molecule has 42 valence electrons. The average Bonchev–Trinajstić information content (AvgIpc) is 1.72. The minimum atomic E-state index is -0.403. The van der Waals surface area contributed by atoms with Crippen LogP contribution in [0.5, 0.6) is 0 Å². The van der Waals surface area contributed by atoms with E-state index in [1.165, 1.54) is 8.05 Å². The lowest BCUT2D eigenvalue weighted by atomic mass is 10.4. The Balaban J connectivity index is 2.99. The third-order valence-electron chi connectivity index (χ3n) is 0.741. The zero-order valence-electron chi connectivity index (χ0n) is 4.29. The Bertz CT molecular complexity index is 31.7. The van der Waals surface area contributed by atoms with Gasteiger partial charge in [0.25, 0.3) is 8.05 Å². The largest absolute Gasteiger partial charge is 0.437 e. The Hall–Kier alpha value is -0.0551. The molecule has 0 saturated heterocycles. The van der Waals surface area contributed by atoms with Gasteiger partial charge >= 0.3 is 0 Å². The molecule has 0 aliphatic heterocycles. The fraction of sp³-hybridized carbons (Fsp3) is 1.00. The maximum atomic E-state index is 8.24. The van der Waals surface area contributed by atoms with Crippen molar-refractivity contribution in [3.63, 3.8) is 0 Å². The van der Waals surface area contributed by atoms with Gasteiger partial charge in [-0.25, -0.2) is 0 Å². The Kier molecular flexibility index (Phi) is 4.08. The molecule has 7 heavy (non-hydrogen) atoms. The molecule has 2 N–H and O–H groups in total. The molecule has 0 heterocycles. The van der Waals surface area contributed by atoms with E-state index < -0.39 is 6.10 Å². The molecule has 4 heteroatoms. The van der Waals surface area contributed by atoms with E-state index in [0.29, 0.717) is 0 Å². The third-order valence-corrected chi connectivity index (χ3v) is 0.741. The number of aliphatic hydroxyl groups is 2. The van der Waals surface area contributed by atoms with Gasteiger partial charge in [-0.2, -0.15) is 0 Å². The van der Waals surface area contributed by atoms with Gasteiger partial charge in [-0.15, -0.1) is 0 Å².